The van der Waals surface area contributed by atoms with Gasteiger partial charge in [-0.1, -0.05) is 47.6 Å². The molecule has 0 aliphatic carbocycles. The van der Waals surface area contributed by atoms with Gasteiger partial charge in [0, 0.05) is 5.56 Å². The molecule has 1 rings (SSSR count). The van der Waals surface area contributed by atoms with Crippen molar-refractivity contribution >= 4 is 11.9 Å². The first-order valence-corrected chi connectivity index (χ1v) is 9.06. The van der Waals surface area contributed by atoms with Crippen molar-refractivity contribution in [1.82, 2.24) is 0 Å². The number of anilines is 1. The monoisotopic (exact) mass is 375 g/mol. The summed E-state index contributed by atoms with van der Waals surface area (Å²) in [5, 5.41) is 25.0. The molecule has 0 unspecified atom stereocenters. The first-order valence-electron chi connectivity index (χ1n) is 9.06. The molecule has 0 aliphatic heterocycles. The molecule has 0 aliphatic rings. The maximum Gasteiger partial charge on any atom is 0.302 e. The third-order valence-electron chi connectivity index (χ3n) is 3.95. The van der Waals surface area contributed by atoms with E-state index in [0.717, 1.165) is 11.1 Å². The summed E-state index contributed by atoms with van der Waals surface area (Å²) in [4.78, 5) is 15.0. The number of nitro groups is 1. The Hall–Kier alpha value is -2.37. The summed E-state index contributed by atoms with van der Waals surface area (Å²) in [5.74, 6) is 0.0993. The van der Waals surface area contributed by atoms with E-state index >= 15 is 0 Å². The van der Waals surface area contributed by atoms with Crippen LogP contribution in [-0.4, -0.2) is 21.8 Å². The van der Waals surface area contributed by atoms with Gasteiger partial charge >= 0.3 is 5.70 Å². The first kappa shape index (κ1) is 22.7. The normalized spacial score (nSPS) is 13.9. The summed E-state index contributed by atoms with van der Waals surface area (Å²) in [7, 11) is 0. The van der Waals surface area contributed by atoms with Crippen LogP contribution in [0.1, 0.15) is 73.4 Å². The zero-order valence-electron chi connectivity index (χ0n) is 18.0. The lowest BCUT2D eigenvalue weighted by atomic mass is 9.79. The van der Waals surface area contributed by atoms with Gasteiger partial charge in [-0.2, -0.15) is 0 Å². The number of nitrogens with zero attached hydrogens (tertiary/aromatic N) is 2. The Morgan fingerprint density at radius 1 is 1.07 bits per heavy atom. The zero-order valence-corrected chi connectivity index (χ0v) is 18.0. The lowest BCUT2D eigenvalue weighted by Crippen LogP contribution is -2.17. The molecule has 0 heterocycles. The van der Waals surface area contributed by atoms with Gasteiger partial charge in [-0.05, 0) is 43.2 Å². The van der Waals surface area contributed by atoms with Crippen molar-refractivity contribution in [2.75, 3.05) is 5.32 Å². The molecule has 1 aromatic rings. The van der Waals surface area contributed by atoms with Crippen LogP contribution in [0, 0.1) is 10.1 Å². The van der Waals surface area contributed by atoms with Gasteiger partial charge in [0.25, 0.3) is 0 Å². The number of phenols is 1. The molecule has 27 heavy (non-hydrogen) atoms. The molecule has 0 amide bonds. The predicted octanol–water partition coefficient (Wildman–Crippen LogP) is 5.39. The fraction of sp³-hybridized carbons (Fsp3) is 0.571. The van der Waals surface area contributed by atoms with Crippen LogP contribution in [-0.2, 0) is 10.8 Å². The molecule has 0 fully saturated rings. The Kier molecular flexibility index (Phi) is 6.47. The van der Waals surface area contributed by atoms with Crippen molar-refractivity contribution in [1.29, 1.82) is 0 Å². The molecular weight excluding hydrogens is 342 g/mol. The maximum absolute atomic E-state index is 11.3. The van der Waals surface area contributed by atoms with Crippen molar-refractivity contribution in [3.63, 3.8) is 0 Å². The van der Waals surface area contributed by atoms with Gasteiger partial charge in [-0.25, -0.2) is 0 Å². The fourth-order valence-electron chi connectivity index (χ4n) is 2.30. The van der Waals surface area contributed by atoms with Gasteiger partial charge < -0.3 is 10.4 Å². The average molecular weight is 376 g/mol. The number of aromatic hydroxyl groups is 1. The minimum atomic E-state index is -0.502. The first-order chi connectivity index (χ1) is 12.0. The summed E-state index contributed by atoms with van der Waals surface area (Å²) < 4.78 is 0. The lowest BCUT2D eigenvalue weighted by Gasteiger charge is -2.27. The van der Waals surface area contributed by atoms with E-state index in [-0.39, 0.29) is 22.3 Å². The van der Waals surface area contributed by atoms with Crippen LogP contribution < -0.4 is 5.32 Å². The summed E-state index contributed by atoms with van der Waals surface area (Å²) in [6.07, 6.45) is 2.51. The van der Waals surface area contributed by atoms with Crippen LogP contribution >= 0.6 is 0 Å². The standard InChI is InChI=1S/C21H33N3O3/c1-19(2,3)14-10-16(20(4,5)6)18(25)17(11-14)22-12-15(24(26)27)13-23-21(7,8)9/h10-13,22,25H,1-9H3/b15-12+,23-13?. The third-order valence-corrected chi connectivity index (χ3v) is 3.95. The van der Waals surface area contributed by atoms with Crippen molar-refractivity contribution in [3.05, 3.63) is 45.3 Å². The van der Waals surface area contributed by atoms with Gasteiger partial charge in [0.15, 0.2) is 0 Å². The molecule has 0 saturated heterocycles. The summed E-state index contributed by atoms with van der Waals surface area (Å²) >= 11 is 0. The highest BCUT2D eigenvalue weighted by molar-refractivity contribution is 5.77. The minimum absolute atomic E-state index is 0.0993. The van der Waals surface area contributed by atoms with E-state index < -0.39 is 10.5 Å². The van der Waals surface area contributed by atoms with Crippen LogP contribution in [0.2, 0.25) is 0 Å². The van der Waals surface area contributed by atoms with Crippen LogP contribution in [0.3, 0.4) is 0 Å². The molecule has 0 saturated carbocycles. The van der Waals surface area contributed by atoms with E-state index in [2.05, 4.69) is 31.1 Å². The quantitative estimate of drug-likeness (QED) is 0.320. The van der Waals surface area contributed by atoms with Gasteiger partial charge in [-0.3, -0.25) is 15.1 Å². The van der Waals surface area contributed by atoms with Crippen LogP contribution in [0.25, 0.3) is 0 Å². The molecule has 0 bridgehead atoms. The van der Waals surface area contributed by atoms with Crippen LogP contribution in [0.4, 0.5) is 5.69 Å². The van der Waals surface area contributed by atoms with Gasteiger partial charge in [-0.15, -0.1) is 0 Å². The summed E-state index contributed by atoms with van der Waals surface area (Å²) in [5.41, 5.74) is 1.27. The Balaban J connectivity index is 3.44. The van der Waals surface area contributed by atoms with Crippen molar-refractivity contribution in [2.45, 2.75) is 78.7 Å². The lowest BCUT2D eigenvalue weighted by molar-refractivity contribution is -0.414. The molecule has 0 radical (unpaired) electrons. The van der Waals surface area contributed by atoms with Gasteiger partial charge in [0.05, 0.1) is 22.3 Å². The molecule has 150 valence electrons. The van der Waals surface area contributed by atoms with Gasteiger partial charge in [0.2, 0.25) is 0 Å². The number of rotatable bonds is 4. The number of benzene rings is 1. The Morgan fingerprint density at radius 3 is 2.04 bits per heavy atom. The van der Waals surface area contributed by atoms with E-state index in [9.17, 15) is 15.2 Å². The fourth-order valence-corrected chi connectivity index (χ4v) is 2.30. The van der Waals surface area contributed by atoms with Crippen molar-refractivity contribution in [3.8, 4) is 5.75 Å². The smallest absolute Gasteiger partial charge is 0.302 e. The zero-order chi connectivity index (χ0) is 21.2. The SMILES string of the molecule is CC(C)(C)N=C/C(=C\Nc1cc(C(C)(C)C)cc(C(C)(C)C)c1O)[N+](=O)[O-]. The molecule has 6 nitrogen and oxygen atoms in total. The average Bonchev–Trinajstić information content (AvgIpc) is 2.44. The van der Waals surface area contributed by atoms with Gasteiger partial charge in [0.1, 0.15) is 12.0 Å². The second kappa shape index (κ2) is 7.71. The largest absolute Gasteiger partial charge is 0.505 e. The van der Waals surface area contributed by atoms with Crippen LogP contribution in [0.5, 0.6) is 5.75 Å². The van der Waals surface area contributed by atoms with E-state index in [1.807, 2.05) is 53.7 Å². The number of allylic oxidation sites excluding steroid dienone is 1. The number of aliphatic imine (C=N–C) groups is 1. The summed E-state index contributed by atoms with van der Waals surface area (Å²) in [6, 6.07) is 3.83. The van der Waals surface area contributed by atoms with E-state index in [1.165, 1.54) is 12.4 Å². The van der Waals surface area contributed by atoms with Crippen molar-refractivity contribution in [2.24, 2.45) is 4.99 Å². The third kappa shape index (κ3) is 6.70. The van der Waals surface area contributed by atoms with E-state index in [4.69, 9.17) is 0 Å². The highest BCUT2D eigenvalue weighted by Gasteiger charge is 2.25. The second-order valence-corrected chi connectivity index (χ2v) is 9.82. The predicted molar refractivity (Wildman–Crippen MR) is 112 cm³/mol. The molecule has 1 aromatic carbocycles. The molecular formula is C21H33N3O3. The maximum atomic E-state index is 11.3. The van der Waals surface area contributed by atoms with Crippen molar-refractivity contribution < 1.29 is 10.0 Å². The Labute approximate surface area is 162 Å². The molecule has 0 aromatic heterocycles. The minimum Gasteiger partial charge on any atom is -0.505 e. The molecule has 0 atom stereocenters. The van der Waals surface area contributed by atoms with E-state index in [0.29, 0.717) is 5.69 Å². The molecule has 2 N–H and O–H groups in total. The number of phenolic OH excluding ortho intramolecular Hbond substituents is 1. The Bertz CT molecular complexity index is 759. The number of hydrogen-bond acceptors (Lipinski definition) is 5. The summed E-state index contributed by atoms with van der Waals surface area (Å²) in [6.45, 7) is 17.9. The number of nitrogens with one attached hydrogen (secondary N) is 1. The topological polar surface area (TPSA) is 87.8 Å². The second-order valence-electron chi connectivity index (χ2n) is 9.82. The molecule has 0 spiro atoms. The Morgan fingerprint density at radius 2 is 1.63 bits per heavy atom. The highest BCUT2D eigenvalue weighted by atomic mass is 16.6. The molecule has 6 heteroatoms. The number of hydrogen-bond donors (Lipinski definition) is 2. The van der Waals surface area contributed by atoms with E-state index in [1.54, 1.807) is 0 Å². The highest BCUT2D eigenvalue weighted by Crippen LogP contribution is 2.40. The van der Waals surface area contributed by atoms with Crippen LogP contribution in [0.15, 0.2) is 29.0 Å².